The first-order chi connectivity index (χ1) is 13.0. The summed E-state index contributed by atoms with van der Waals surface area (Å²) in [5.41, 5.74) is 3.42. The maximum Gasteiger partial charge on any atom is 0.224 e. The van der Waals surface area contributed by atoms with Crippen LogP contribution in [0.15, 0.2) is 48.5 Å². The predicted octanol–water partition coefficient (Wildman–Crippen LogP) is 3.90. The number of amides is 1. The zero-order valence-corrected chi connectivity index (χ0v) is 16.9. The van der Waals surface area contributed by atoms with Crippen LogP contribution in [0, 0.1) is 0 Å². The summed E-state index contributed by atoms with van der Waals surface area (Å²) in [6.45, 7) is 2.81. The van der Waals surface area contributed by atoms with Gasteiger partial charge in [-0.05, 0) is 61.3 Å². The number of rotatable bonds is 7. The zero-order chi connectivity index (χ0) is 19.2. The molecule has 1 amide bonds. The molecule has 0 aromatic heterocycles. The second-order valence-corrected chi connectivity index (χ2v) is 7.79. The molecule has 27 heavy (non-hydrogen) atoms. The van der Waals surface area contributed by atoms with Crippen LogP contribution in [0.3, 0.4) is 0 Å². The van der Waals surface area contributed by atoms with Crippen molar-refractivity contribution >= 4 is 23.2 Å². The van der Waals surface area contributed by atoms with E-state index in [9.17, 15) is 4.79 Å². The standard InChI is InChI=1S/C22H28ClN3O/c1-25(2)20-11-7-18(8-12-20)21(26-13-3-4-14-26)16-24-22(27)15-17-5-9-19(23)10-6-17/h5-12,21H,3-4,13-16H2,1-2H3,(H,24,27)/t21-/m0/s1. The number of nitrogens with zero attached hydrogens (tertiary/aromatic N) is 2. The molecule has 1 aliphatic rings. The molecule has 1 atom stereocenters. The van der Waals surface area contributed by atoms with Gasteiger partial charge in [-0.3, -0.25) is 9.69 Å². The number of carbonyl (C=O) groups is 1. The first kappa shape index (κ1) is 19.7. The van der Waals surface area contributed by atoms with Crippen molar-refractivity contribution in [3.8, 4) is 0 Å². The number of nitrogens with one attached hydrogen (secondary N) is 1. The van der Waals surface area contributed by atoms with Crippen LogP contribution in [0.1, 0.15) is 30.0 Å². The fraction of sp³-hybridized carbons (Fsp3) is 0.409. The summed E-state index contributed by atoms with van der Waals surface area (Å²) in [5.74, 6) is 0.0476. The highest BCUT2D eigenvalue weighted by Crippen LogP contribution is 2.26. The molecule has 4 nitrogen and oxygen atoms in total. The van der Waals surface area contributed by atoms with E-state index in [-0.39, 0.29) is 11.9 Å². The summed E-state index contributed by atoms with van der Waals surface area (Å²) < 4.78 is 0. The molecule has 1 N–H and O–H groups in total. The van der Waals surface area contributed by atoms with Gasteiger partial charge in [0.25, 0.3) is 0 Å². The summed E-state index contributed by atoms with van der Waals surface area (Å²) in [6, 6.07) is 16.3. The minimum absolute atomic E-state index is 0.0476. The third-order valence-corrected chi connectivity index (χ3v) is 5.40. The summed E-state index contributed by atoms with van der Waals surface area (Å²) in [5, 5.41) is 3.82. The maximum atomic E-state index is 12.4. The molecule has 5 heteroatoms. The number of anilines is 1. The van der Waals surface area contributed by atoms with E-state index in [1.807, 2.05) is 38.4 Å². The molecule has 0 aliphatic carbocycles. The molecule has 0 radical (unpaired) electrons. The highest BCUT2D eigenvalue weighted by atomic mass is 35.5. The van der Waals surface area contributed by atoms with Crippen LogP contribution in [0.4, 0.5) is 5.69 Å². The third-order valence-electron chi connectivity index (χ3n) is 5.15. The van der Waals surface area contributed by atoms with E-state index in [1.54, 1.807) is 0 Å². The van der Waals surface area contributed by atoms with Crippen LogP contribution in [0.2, 0.25) is 5.02 Å². The smallest absolute Gasteiger partial charge is 0.224 e. The topological polar surface area (TPSA) is 35.6 Å². The molecule has 144 valence electrons. The molecule has 1 aliphatic heterocycles. The molecule has 2 aromatic carbocycles. The molecule has 2 aromatic rings. The molecule has 1 heterocycles. The van der Waals surface area contributed by atoms with Crippen molar-refractivity contribution in [3.63, 3.8) is 0 Å². The average Bonchev–Trinajstić information content (AvgIpc) is 3.19. The van der Waals surface area contributed by atoms with Gasteiger partial charge in [0.05, 0.1) is 12.5 Å². The van der Waals surface area contributed by atoms with E-state index in [4.69, 9.17) is 11.6 Å². The molecule has 0 bridgehead atoms. The van der Waals surface area contributed by atoms with Crippen molar-refractivity contribution < 1.29 is 4.79 Å². The van der Waals surface area contributed by atoms with Crippen LogP contribution < -0.4 is 10.2 Å². The van der Waals surface area contributed by atoms with Gasteiger partial charge in [0.2, 0.25) is 5.91 Å². The number of halogens is 1. The predicted molar refractivity (Wildman–Crippen MR) is 112 cm³/mol. The number of hydrogen-bond donors (Lipinski definition) is 1. The van der Waals surface area contributed by atoms with Gasteiger partial charge in [-0.2, -0.15) is 0 Å². The van der Waals surface area contributed by atoms with Gasteiger partial charge >= 0.3 is 0 Å². The molecule has 0 unspecified atom stereocenters. The van der Waals surface area contributed by atoms with Crippen LogP contribution in [-0.4, -0.2) is 44.5 Å². The van der Waals surface area contributed by atoms with Crippen LogP contribution in [-0.2, 0) is 11.2 Å². The molecule has 0 spiro atoms. The Bertz CT molecular complexity index is 737. The molecular weight excluding hydrogens is 358 g/mol. The molecule has 1 saturated heterocycles. The maximum absolute atomic E-state index is 12.4. The van der Waals surface area contributed by atoms with E-state index in [1.165, 1.54) is 24.1 Å². The molecule has 3 rings (SSSR count). The summed E-state index contributed by atoms with van der Waals surface area (Å²) in [4.78, 5) is 17.0. The lowest BCUT2D eigenvalue weighted by molar-refractivity contribution is -0.120. The quantitative estimate of drug-likeness (QED) is 0.785. The SMILES string of the molecule is CN(C)c1ccc([C@H](CNC(=O)Cc2ccc(Cl)cc2)N2CCCC2)cc1. The average molecular weight is 386 g/mol. The van der Waals surface area contributed by atoms with E-state index in [2.05, 4.69) is 39.4 Å². The second-order valence-electron chi connectivity index (χ2n) is 7.35. The zero-order valence-electron chi connectivity index (χ0n) is 16.1. The van der Waals surface area contributed by atoms with Crippen molar-refractivity contribution in [2.45, 2.75) is 25.3 Å². The summed E-state index contributed by atoms with van der Waals surface area (Å²) in [6.07, 6.45) is 2.83. The number of hydrogen-bond acceptors (Lipinski definition) is 3. The lowest BCUT2D eigenvalue weighted by atomic mass is 10.0. The second kappa shape index (κ2) is 9.25. The van der Waals surface area contributed by atoms with Gasteiger partial charge in [-0.1, -0.05) is 35.9 Å². The Kier molecular flexibility index (Phi) is 6.75. The van der Waals surface area contributed by atoms with Gasteiger partial charge < -0.3 is 10.2 Å². The monoisotopic (exact) mass is 385 g/mol. The highest BCUT2D eigenvalue weighted by molar-refractivity contribution is 6.30. The van der Waals surface area contributed by atoms with Gasteiger partial charge in [-0.15, -0.1) is 0 Å². The fourth-order valence-electron chi connectivity index (χ4n) is 3.57. The highest BCUT2D eigenvalue weighted by Gasteiger charge is 2.24. The van der Waals surface area contributed by atoms with E-state index in [0.717, 1.165) is 18.7 Å². The van der Waals surface area contributed by atoms with Gasteiger partial charge in [0, 0.05) is 31.4 Å². The number of benzene rings is 2. The third kappa shape index (κ3) is 5.47. The minimum atomic E-state index is 0.0476. The fourth-order valence-corrected chi connectivity index (χ4v) is 3.69. The first-order valence-electron chi connectivity index (χ1n) is 9.55. The van der Waals surface area contributed by atoms with E-state index >= 15 is 0 Å². The summed E-state index contributed by atoms with van der Waals surface area (Å²) in [7, 11) is 4.09. The Labute approximate surface area is 167 Å². The van der Waals surface area contributed by atoms with Crippen molar-refractivity contribution in [1.29, 1.82) is 0 Å². The van der Waals surface area contributed by atoms with Gasteiger partial charge in [-0.25, -0.2) is 0 Å². The minimum Gasteiger partial charge on any atom is -0.378 e. The Hall–Kier alpha value is -2.04. The van der Waals surface area contributed by atoms with Crippen molar-refractivity contribution in [2.75, 3.05) is 38.6 Å². The van der Waals surface area contributed by atoms with Crippen molar-refractivity contribution in [2.24, 2.45) is 0 Å². The molecular formula is C22H28ClN3O. The van der Waals surface area contributed by atoms with Crippen LogP contribution in [0.5, 0.6) is 0 Å². The summed E-state index contributed by atoms with van der Waals surface area (Å²) >= 11 is 5.91. The van der Waals surface area contributed by atoms with Crippen LogP contribution >= 0.6 is 11.6 Å². The Morgan fingerprint density at radius 1 is 1.07 bits per heavy atom. The normalized spacial score (nSPS) is 15.5. The van der Waals surface area contributed by atoms with Crippen molar-refractivity contribution in [1.82, 2.24) is 10.2 Å². The number of carbonyl (C=O) groups excluding carboxylic acids is 1. The Morgan fingerprint density at radius 3 is 2.30 bits per heavy atom. The Morgan fingerprint density at radius 2 is 1.70 bits per heavy atom. The lowest BCUT2D eigenvalue weighted by Crippen LogP contribution is -2.37. The van der Waals surface area contributed by atoms with E-state index in [0.29, 0.717) is 18.0 Å². The largest absolute Gasteiger partial charge is 0.378 e. The van der Waals surface area contributed by atoms with Gasteiger partial charge in [0.1, 0.15) is 0 Å². The number of likely N-dealkylation sites (tertiary alicyclic amines) is 1. The lowest BCUT2D eigenvalue weighted by Gasteiger charge is -2.28. The van der Waals surface area contributed by atoms with Crippen LogP contribution in [0.25, 0.3) is 0 Å². The molecule has 1 fully saturated rings. The van der Waals surface area contributed by atoms with Crippen molar-refractivity contribution in [3.05, 3.63) is 64.7 Å². The molecule has 0 saturated carbocycles. The van der Waals surface area contributed by atoms with Gasteiger partial charge in [0.15, 0.2) is 0 Å². The van der Waals surface area contributed by atoms with E-state index < -0.39 is 0 Å². The first-order valence-corrected chi connectivity index (χ1v) is 9.93. The Balaban J connectivity index is 1.64.